The van der Waals surface area contributed by atoms with E-state index in [9.17, 15) is 9.18 Å². The number of piperazine rings is 1. The predicted octanol–water partition coefficient (Wildman–Crippen LogP) is 5.40. The van der Waals surface area contributed by atoms with Crippen molar-refractivity contribution in [3.8, 4) is 11.1 Å². The molecule has 3 aromatic rings. The number of hydrogen-bond acceptors (Lipinski definition) is 2. The first-order chi connectivity index (χ1) is 13.9. The minimum atomic E-state index is -0.344. The maximum absolute atomic E-state index is 14.3. The molecule has 0 aliphatic carbocycles. The van der Waals surface area contributed by atoms with Crippen molar-refractivity contribution in [3.63, 3.8) is 0 Å². The van der Waals surface area contributed by atoms with Gasteiger partial charge in [-0.1, -0.05) is 41.4 Å². The van der Waals surface area contributed by atoms with E-state index in [2.05, 4.69) is 9.88 Å². The lowest BCUT2D eigenvalue weighted by Crippen LogP contribution is -2.49. The molecule has 150 valence electrons. The van der Waals surface area contributed by atoms with Crippen molar-refractivity contribution in [3.05, 3.63) is 75.8 Å². The molecule has 4 nitrogen and oxygen atoms in total. The third-order valence-corrected chi connectivity index (χ3v) is 5.55. The number of carbonyl (C=O) groups is 1. The van der Waals surface area contributed by atoms with Gasteiger partial charge in [0.25, 0.3) is 5.91 Å². The molecule has 0 atom stereocenters. The number of carbonyl (C=O) groups excluding carboxylic acids is 1. The summed E-state index contributed by atoms with van der Waals surface area (Å²) in [5.74, 6) is -0.469. The molecule has 2 aromatic carbocycles. The molecule has 1 amide bonds. The number of nitrogens with zero attached hydrogens (tertiary/aromatic N) is 2. The summed E-state index contributed by atoms with van der Waals surface area (Å²) in [6.07, 6.45) is 0. The number of aromatic amines is 1. The summed E-state index contributed by atoms with van der Waals surface area (Å²) in [6.45, 7) is 4.30. The van der Waals surface area contributed by atoms with Gasteiger partial charge in [0.05, 0.1) is 0 Å². The number of aromatic nitrogens is 1. The van der Waals surface area contributed by atoms with E-state index in [0.29, 0.717) is 53.0 Å². The Morgan fingerprint density at radius 3 is 2.28 bits per heavy atom. The molecule has 0 radical (unpaired) electrons. The monoisotopic (exact) mass is 431 g/mol. The first kappa shape index (κ1) is 19.8. The van der Waals surface area contributed by atoms with Crippen LogP contribution in [0.2, 0.25) is 10.0 Å². The van der Waals surface area contributed by atoms with Crippen molar-refractivity contribution < 1.29 is 9.18 Å². The molecule has 1 aliphatic rings. The minimum absolute atomic E-state index is 0.125. The number of hydrogen-bond donors (Lipinski definition) is 1. The van der Waals surface area contributed by atoms with Crippen LogP contribution in [0.25, 0.3) is 11.1 Å². The highest BCUT2D eigenvalue weighted by molar-refractivity contribution is 6.35. The first-order valence-electron chi connectivity index (χ1n) is 9.37. The molecule has 1 aromatic heterocycles. The summed E-state index contributed by atoms with van der Waals surface area (Å²) >= 11 is 12.2. The second kappa shape index (κ2) is 8.09. The van der Waals surface area contributed by atoms with Crippen molar-refractivity contribution in [2.75, 3.05) is 31.1 Å². The van der Waals surface area contributed by atoms with E-state index < -0.39 is 0 Å². The van der Waals surface area contributed by atoms with Crippen LogP contribution >= 0.6 is 23.2 Å². The standard InChI is InChI=1S/C22H20Cl2FN3O/c1-14-10-19(18-4-2-3-5-20(18)25)21(26-14)22(29)28-8-6-27(7-9-28)17-12-15(23)11-16(24)13-17/h2-5,10-13,26H,6-9H2,1H3. The smallest absolute Gasteiger partial charge is 0.271 e. The fraction of sp³-hybridized carbons (Fsp3) is 0.227. The summed E-state index contributed by atoms with van der Waals surface area (Å²) in [5.41, 5.74) is 3.20. The zero-order valence-electron chi connectivity index (χ0n) is 15.9. The molecule has 2 heterocycles. The Kier molecular flexibility index (Phi) is 5.52. The van der Waals surface area contributed by atoms with Crippen LogP contribution in [0.3, 0.4) is 0 Å². The van der Waals surface area contributed by atoms with Crippen LogP contribution in [0.1, 0.15) is 16.2 Å². The van der Waals surface area contributed by atoms with Crippen molar-refractivity contribution in [1.82, 2.24) is 9.88 Å². The van der Waals surface area contributed by atoms with Gasteiger partial charge in [-0.05, 0) is 37.3 Å². The highest BCUT2D eigenvalue weighted by Crippen LogP contribution is 2.29. The zero-order chi connectivity index (χ0) is 20.5. The van der Waals surface area contributed by atoms with Gasteiger partial charge in [0.2, 0.25) is 0 Å². The lowest BCUT2D eigenvalue weighted by Gasteiger charge is -2.36. The number of aryl methyl sites for hydroxylation is 1. The topological polar surface area (TPSA) is 39.3 Å². The van der Waals surface area contributed by atoms with Crippen molar-refractivity contribution in [2.24, 2.45) is 0 Å². The predicted molar refractivity (Wildman–Crippen MR) is 116 cm³/mol. The lowest BCUT2D eigenvalue weighted by atomic mass is 10.0. The Balaban J connectivity index is 1.53. The highest BCUT2D eigenvalue weighted by Gasteiger charge is 2.26. The van der Waals surface area contributed by atoms with Gasteiger partial charge in [-0.2, -0.15) is 0 Å². The van der Waals surface area contributed by atoms with E-state index in [-0.39, 0.29) is 11.7 Å². The molecule has 1 aliphatic heterocycles. The number of rotatable bonds is 3. The van der Waals surface area contributed by atoms with Crippen molar-refractivity contribution in [2.45, 2.75) is 6.92 Å². The quantitative estimate of drug-likeness (QED) is 0.602. The van der Waals surface area contributed by atoms with E-state index in [1.54, 1.807) is 29.2 Å². The number of anilines is 1. The summed E-state index contributed by atoms with van der Waals surface area (Å²) in [4.78, 5) is 20.2. The average molecular weight is 432 g/mol. The van der Waals surface area contributed by atoms with E-state index in [1.807, 2.05) is 25.1 Å². The fourth-order valence-corrected chi connectivity index (χ4v) is 4.21. The highest BCUT2D eigenvalue weighted by atomic mass is 35.5. The van der Waals surface area contributed by atoms with Gasteiger partial charge in [-0.3, -0.25) is 4.79 Å². The first-order valence-corrected chi connectivity index (χ1v) is 10.1. The van der Waals surface area contributed by atoms with Gasteiger partial charge in [-0.15, -0.1) is 0 Å². The second-order valence-corrected chi connectivity index (χ2v) is 8.00. The molecule has 7 heteroatoms. The van der Waals surface area contributed by atoms with E-state index in [4.69, 9.17) is 23.2 Å². The Hall–Kier alpha value is -2.50. The SMILES string of the molecule is Cc1cc(-c2ccccc2F)c(C(=O)N2CCN(c3cc(Cl)cc(Cl)c3)CC2)[nH]1. The molecule has 0 spiro atoms. The zero-order valence-corrected chi connectivity index (χ0v) is 17.4. The summed E-state index contributed by atoms with van der Waals surface area (Å²) < 4.78 is 14.3. The number of halogens is 3. The van der Waals surface area contributed by atoms with Gasteiger partial charge >= 0.3 is 0 Å². The van der Waals surface area contributed by atoms with Crippen LogP contribution in [-0.2, 0) is 0 Å². The Morgan fingerprint density at radius 2 is 1.62 bits per heavy atom. The molecule has 4 rings (SSSR count). The van der Waals surface area contributed by atoms with Gasteiger partial charge in [0.1, 0.15) is 11.5 Å². The molecule has 0 unspecified atom stereocenters. The Labute approximate surface area is 178 Å². The normalized spacial score (nSPS) is 14.3. The summed E-state index contributed by atoms with van der Waals surface area (Å²) in [6, 6.07) is 13.8. The molecule has 1 saturated heterocycles. The third-order valence-electron chi connectivity index (χ3n) is 5.11. The van der Waals surface area contributed by atoms with Crippen LogP contribution in [0.15, 0.2) is 48.5 Å². The molecule has 1 fully saturated rings. The maximum Gasteiger partial charge on any atom is 0.271 e. The van der Waals surface area contributed by atoms with E-state index in [0.717, 1.165) is 11.4 Å². The molecule has 1 N–H and O–H groups in total. The molecule has 0 saturated carbocycles. The third kappa shape index (κ3) is 4.11. The van der Waals surface area contributed by atoms with Crippen LogP contribution in [-0.4, -0.2) is 42.0 Å². The molecular formula is C22H20Cl2FN3O. The van der Waals surface area contributed by atoms with Gasteiger partial charge in [0.15, 0.2) is 0 Å². The second-order valence-electron chi connectivity index (χ2n) is 7.13. The minimum Gasteiger partial charge on any atom is -0.368 e. The van der Waals surface area contributed by atoms with Gasteiger partial charge in [0, 0.05) is 58.7 Å². The summed E-state index contributed by atoms with van der Waals surface area (Å²) in [5, 5.41) is 1.17. The van der Waals surface area contributed by atoms with Crippen molar-refractivity contribution >= 4 is 34.8 Å². The van der Waals surface area contributed by atoms with E-state index >= 15 is 0 Å². The lowest BCUT2D eigenvalue weighted by molar-refractivity contribution is 0.0742. The largest absolute Gasteiger partial charge is 0.368 e. The van der Waals surface area contributed by atoms with Gasteiger partial charge in [-0.25, -0.2) is 4.39 Å². The fourth-order valence-electron chi connectivity index (χ4n) is 3.70. The molecule has 29 heavy (non-hydrogen) atoms. The maximum atomic E-state index is 14.3. The summed E-state index contributed by atoms with van der Waals surface area (Å²) in [7, 11) is 0. The number of H-pyrrole nitrogens is 1. The Bertz CT molecular complexity index is 1040. The average Bonchev–Trinajstić information content (AvgIpc) is 3.08. The van der Waals surface area contributed by atoms with Crippen LogP contribution in [0.5, 0.6) is 0 Å². The van der Waals surface area contributed by atoms with Crippen LogP contribution in [0, 0.1) is 12.7 Å². The van der Waals surface area contributed by atoms with Crippen LogP contribution < -0.4 is 4.90 Å². The number of benzene rings is 2. The van der Waals surface area contributed by atoms with Gasteiger partial charge < -0.3 is 14.8 Å². The Morgan fingerprint density at radius 1 is 0.966 bits per heavy atom. The molecule has 0 bridgehead atoms. The number of amides is 1. The molecular weight excluding hydrogens is 412 g/mol. The van der Waals surface area contributed by atoms with E-state index in [1.165, 1.54) is 6.07 Å². The van der Waals surface area contributed by atoms with Crippen LogP contribution in [0.4, 0.5) is 10.1 Å². The number of nitrogens with one attached hydrogen (secondary N) is 1. The van der Waals surface area contributed by atoms with Crippen molar-refractivity contribution in [1.29, 1.82) is 0 Å².